The molecule has 25 heavy (non-hydrogen) atoms. The van der Waals surface area contributed by atoms with Crippen LogP contribution in [0.3, 0.4) is 0 Å². The minimum absolute atomic E-state index is 0.256. The molecule has 6 heteroatoms. The van der Waals surface area contributed by atoms with Crippen molar-refractivity contribution >= 4 is 0 Å². The molecule has 1 unspecified atom stereocenters. The molecule has 1 N–H and O–H groups in total. The molecule has 2 aromatic rings. The summed E-state index contributed by atoms with van der Waals surface area (Å²) < 4.78 is 7.38. The lowest BCUT2D eigenvalue weighted by Crippen LogP contribution is -2.32. The zero-order chi connectivity index (χ0) is 17.4. The van der Waals surface area contributed by atoms with Crippen LogP contribution in [-0.4, -0.2) is 51.2 Å². The highest BCUT2D eigenvalue weighted by Crippen LogP contribution is 2.31. The van der Waals surface area contributed by atoms with Gasteiger partial charge in [-0.15, -0.1) is 5.10 Å². The van der Waals surface area contributed by atoms with Gasteiger partial charge in [0.2, 0.25) is 0 Å². The molecule has 1 atom stereocenters. The van der Waals surface area contributed by atoms with Crippen molar-refractivity contribution in [3.05, 3.63) is 41.2 Å². The molecule has 1 aromatic heterocycles. The van der Waals surface area contributed by atoms with E-state index in [9.17, 15) is 5.11 Å². The van der Waals surface area contributed by atoms with E-state index in [1.165, 1.54) is 11.1 Å². The van der Waals surface area contributed by atoms with E-state index in [-0.39, 0.29) is 6.04 Å². The Kier molecular flexibility index (Phi) is 4.25. The first-order valence-corrected chi connectivity index (χ1v) is 9.15. The van der Waals surface area contributed by atoms with E-state index in [0.29, 0.717) is 18.7 Å². The molecular weight excluding hydrogens is 316 g/mol. The van der Waals surface area contributed by atoms with Crippen LogP contribution in [0.15, 0.2) is 24.4 Å². The predicted molar refractivity (Wildman–Crippen MR) is 94.7 cm³/mol. The molecule has 0 amide bonds. The van der Waals surface area contributed by atoms with E-state index in [2.05, 4.69) is 47.3 Å². The van der Waals surface area contributed by atoms with Gasteiger partial charge in [-0.2, -0.15) is 0 Å². The van der Waals surface area contributed by atoms with Crippen LogP contribution in [-0.2, 0) is 18.4 Å². The first kappa shape index (κ1) is 16.5. The summed E-state index contributed by atoms with van der Waals surface area (Å²) in [7, 11) is 0. The van der Waals surface area contributed by atoms with Crippen molar-refractivity contribution in [1.29, 1.82) is 0 Å². The summed E-state index contributed by atoms with van der Waals surface area (Å²) in [6.45, 7) is 7.38. The third-order valence-electron chi connectivity index (χ3n) is 5.31. The third-order valence-corrected chi connectivity index (χ3v) is 5.31. The van der Waals surface area contributed by atoms with E-state index in [4.69, 9.17) is 4.74 Å². The molecule has 1 fully saturated rings. The molecule has 3 heterocycles. The molecule has 6 nitrogen and oxygen atoms in total. The van der Waals surface area contributed by atoms with Crippen LogP contribution in [0.4, 0.5) is 0 Å². The molecule has 4 rings (SSSR count). The largest absolute Gasteiger partial charge is 0.493 e. The first-order chi connectivity index (χ1) is 12.0. The predicted octanol–water partition coefficient (Wildman–Crippen LogP) is 1.93. The van der Waals surface area contributed by atoms with Crippen LogP contribution in [0.1, 0.15) is 43.1 Å². The summed E-state index contributed by atoms with van der Waals surface area (Å²) in [5.74, 6) is 1.03. The molecular formula is C19H26N4O2. The van der Waals surface area contributed by atoms with Crippen LogP contribution in [0.5, 0.6) is 5.75 Å². The fraction of sp³-hybridized carbons (Fsp3) is 0.579. The Labute approximate surface area is 148 Å². The summed E-state index contributed by atoms with van der Waals surface area (Å²) >= 11 is 0. The quantitative estimate of drug-likeness (QED) is 0.899. The maximum atomic E-state index is 11.0. The maximum Gasteiger partial charge on any atom is 0.124 e. The van der Waals surface area contributed by atoms with Gasteiger partial charge in [-0.1, -0.05) is 17.3 Å². The van der Waals surface area contributed by atoms with Gasteiger partial charge in [0.05, 0.1) is 12.8 Å². The van der Waals surface area contributed by atoms with Crippen molar-refractivity contribution in [2.24, 2.45) is 0 Å². The van der Waals surface area contributed by atoms with Gasteiger partial charge in [-0.25, -0.2) is 4.68 Å². The number of aliphatic hydroxyl groups is 1. The fourth-order valence-electron chi connectivity index (χ4n) is 3.70. The Morgan fingerprint density at radius 3 is 3.04 bits per heavy atom. The third kappa shape index (κ3) is 3.28. The highest BCUT2D eigenvalue weighted by molar-refractivity contribution is 5.39. The Morgan fingerprint density at radius 2 is 2.24 bits per heavy atom. The van der Waals surface area contributed by atoms with Crippen molar-refractivity contribution in [3.63, 3.8) is 0 Å². The second kappa shape index (κ2) is 6.42. The zero-order valence-electron chi connectivity index (χ0n) is 15.0. The zero-order valence-corrected chi connectivity index (χ0v) is 15.0. The minimum atomic E-state index is -0.876. The second-order valence-electron chi connectivity index (χ2n) is 7.53. The molecule has 0 radical (unpaired) electrons. The number of hydrogen-bond acceptors (Lipinski definition) is 5. The standard InChI is InChI=1S/C19H26N4O2/c1-14(2)23-12-18(20-21-23)19(24)7-9-22(13-19)8-5-15-3-4-17-16(11-15)6-10-25-17/h3-4,11-12,14,24H,5-10,13H2,1-2H3. The second-order valence-corrected chi connectivity index (χ2v) is 7.53. The van der Waals surface area contributed by atoms with Crippen molar-refractivity contribution in [3.8, 4) is 5.75 Å². The lowest BCUT2D eigenvalue weighted by molar-refractivity contribution is 0.0418. The summed E-state index contributed by atoms with van der Waals surface area (Å²) in [4.78, 5) is 2.32. The lowest BCUT2D eigenvalue weighted by Gasteiger charge is -2.21. The van der Waals surface area contributed by atoms with Crippen LogP contribution >= 0.6 is 0 Å². The van der Waals surface area contributed by atoms with Gasteiger partial charge in [-0.05, 0) is 43.9 Å². The summed E-state index contributed by atoms with van der Waals surface area (Å²) in [6, 6.07) is 6.76. The van der Waals surface area contributed by atoms with E-state index in [1.54, 1.807) is 0 Å². The number of β-amino-alcohol motifs (C(OH)–C–C–N with tert-alkyl or cyclic N) is 1. The monoisotopic (exact) mass is 342 g/mol. The number of nitrogens with zero attached hydrogens (tertiary/aromatic N) is 4. The van der Waals surface area contributed by atoms with Crippen molar-refractivity contribution in [2.45, 2.75) is 44.8 Å². The van der Waals surface area contributed by atoms with E-state index >= 15 is 0 Å². The summed E-state index contributed by atoms with van der Waals surface area (Å²) in [5.41, 5.74) is 2.48. The number of fused-ring (bicyclic) bond motifs is 1. The number of benzene rings is 1. The smallest absolute Gasteiger partial charge is 0.124 e. The first-order valence-electron chi connectivity index (χ1n) is 9.15. The van der Waals surface area contributed by atoms with Crippen LogP contribution in [0.2, 0.25) is 0 Å². The van der Waals surface area contributed by atoms with Gasteiger partial charge in [0, 0.05) is 32.1 Å². The average molecular weight is 342 g/mol. The number of aromatic nitrogens is 3. The Bertz CT molecular complexity index is 758. The number of likely N-dealkylation sites (tertiary alicyclic amines) is 1. The normalized spacial score (nSPS) is 23.2. The highest BCUT2D eigenvalue weighted by Gasteiger charge is 2.39. The van der Waals surface area contributed by atoms with Gasteiger partial charge in [-0.3, -0.25) is 4.90 Å². The van der Waals surface area contributed by atoms with Gasteiger partial charge in [0.25, 0.3) is 0 Å². The Hall–Kier alpha value is -1.92. The van der Waals surface area contributed by atoms with E-state index in [1.807, 2.05) is 10.9 Å². The van der Waals surface area contributed by atoms with Gasteiger partial charge < -0.3 is 9.84 Å². The minimum Gasteiger partial charge on any atom is -0.493 e. The lowest BCUT2D eigenvalue weighted by atomic mass is 10.00. The maximum absolute atomic E-state index is 11.0. The van der Waals surface area contributed by atoms with Gasteiger partial charge in [0.1, 0.15) is 17.0 Å². The van der Waals surface area contributed by atoms with Crippen LogP contribution in [0, 0.1) is 0 Å². The number of hydrogen-bond donors (Lipinski definition) is 1. The average Bonchev–Trinajstić information content (AvgIpc) is 3.32. The number of ether oxygens (including phenoxy) is 1. The Morgan fingerprint density at radius 1 is 1.36 bits per heavy atom. The van der Waals surface area contributed by atoms with Crippen molar-refractivity contribution in [1.82, 2.24) is 19.9 Å². The molecule has 134 valence electrons. The van der Waals surface area contributed by atoms with E-state index < -0.39 is 5.60 Å². The molecule has 0 spiro atoms. The molecule has 0 aliphatic carbocycles. The highest BCUT2D eigenvalue weighted by atomic mass is 16.5. The van der Waals surface area contributed by atoms with Gasteiger partial charge in [0.15, 0.2) is 0 Å². The van der Waals surface area contributed by atoms with Crippen LogP contribution < -0.4 is 4.74 Å². The van der Waals surface area contributed by atoms with Crippen LogP contribution in [0.25, 0.3) is 0 Å². The molecule has 2 aliphatic heterocycles. The SMILES string of the molecule is CC(C)n1cc(C2(O)CCN(CCc3ccc4c(c3)CCO4)C2)nn1. The molecule has 2 aliphatic rings. The Balaban J connectivity index is 1.37. The molecule has 0 saturated carbocycles. The van der Waals surface area contributed by atoms with Gasteiger partial charge >= 0.3 is 0 Å². The molecule has 1 aromatic carbocycles. The summed E-state index contributed by atoms with van der Waals surface area (Å²) in [6.07, 6.45) is 4.59. The van der Waals surface area contributed by atoms with Crippen molar-refractivity contribution in [2.75, 3.05) is 26.2 Å². The van der Waals surface area contributed by atoms with E-state index in [0.717, 1.165) is 38.3 Å². The topological polar surface area (TPSA) is 63.4 Å². The molecule has 0 bridgehead atoms. The number of rotatable bonds is 5. The van der Waals surface area contributed by atoms with Crippen molar-refractivity contribution < 1.29 is 9.84 Å². The fourth-order valence-corrected chi connectivity index (χ4v) is 3.70. The summed E-state index contributed by atoms with van der Waals surface area (Å²) in [5, 5.41) is 19.3. The molecule has 1 saturated heterocycles.